The Morgan fingerprint density at radius 3 is 2.57 bits per heavy atom. The van der Waals surface area contributed by atoms with E-state index in [0.29, 0.717) is 0 Å². The Bertz CT molecular complexity index is 660. The summed E-state index contributed by atoms with van der Waals surface area (Å²) in [7, 11) is -3.78. The van der Waals surface area contributed by atoms with Gasteiger partial charge in [-0.15, -0.1) is 0 Å². The summed E-state index contributed by atoms with van der Waals surface area (Å²) in [5.41, 5.74) is -0.0280. The Labute approximate surface area is 122 Å². The molecule has 0 bridgehead atoms. The van der Waals surface area contributed by atoms with Gasteiger partial charge in [-0.1, -0.05) is 0 Å². The molecule has 0 unspecified atom stereocenters. The largest absolute Gasteiger partial charge is 0.477 e. The molecule has 8 nitrogen and oxygen atoms in total. The number of hydrogen-bond acceptors (Lipinski definition) is 4. The van der Waals surface area contributed by atoms with E-state index in [0.717, 1.165) is 18.9 Å². The molecule has 0 aromatic carbocycles. The molecule has 9 heteroatoms. The molecule has 1 aliphatic rings. The zero-order chi connectivity index (χ0) is 15.6. The van der Waals surface area contributed by atoms with E-state index < -0.39 is 16.0 Å². The van der Waals surface area contributed by atoms with Gasteiger partial charge in [0.2, 0.25) is 15.9 Å². The van der Waals surface area contributed by atoms with E-state index in [1.165, 1.54) is 17.7 Å². The molecule has 1 aliphatic carbocycles. The molecule has 0 saturated heterocycles. The minimum Gasteiger partial charge on any atom is -0.477 e. The minimum absolute atomic E-state index is 0.0280. The van der Waals surface area contributed by atoms with Gasteiger partial charge in [-0.3, -0.25) is 4.79 Å². The summed E-state index contributed by atoms with van der Waals surface area (Å²) in [4.78, 5) is 21.8. The zero-order valence-electron chi connectivity index (χ0n) is 11.5. The summed E-state index contributed by atoms with van der Waals surface area (Å²) < 4.78 is 28.0. The van der Waals surface area contributed by atoms with Crippen LogP contribution in [0.25, 0.3) is 0 Å². The molecule has 1 saturated carbocycles. The predicted molar refractivity (Wildman–Crippen MR) is 73.5 cm³/mol. The van der Waals surface area contributed by atoms with Crippen molar-refractivity contribution in [2.24, 2.45) is 0 Å². The van der Waals surface area contributed by atoms with Gasteiger partial charge in [0.1, 0.15) is 10.6 Å². The third-order valence-corrected chi connectivity index (χ3v) is 4.51. The second kappa shape index (κ2) is 5.86. The Kier molecular flexibility index (Phi) is 4.33. The number of carboxylic acid groups (broad SMARTS) is 1. The molecule has 1 amide bonds. The van der Waals surface area contributed by atoms with Crippen LogP contribution in [0, 0.1) is 0 Å². The highest BCUT2D eigenvalue weighted by atomic mass is 32.2. The average molecular weight is 315 g/mol. The lowest BCUT2D eigenvalue weighted by Gasteiger charge is -2.05. The lowest BCUT2D eigenvalue weighted by atomic mass is 10.4. The molecule has 1 heterocycles. The van der Waals surface area contributed by atoms with Gasteiger partial charge in [0.25, 0.3) is 0 Å². The molecule has 3 N–H and O–H groups in total. The molecule has 1 fully saturated rings. The normalized spacial score (nSPS) is 14.9. The van der Waals surface area contributed by atoms with Gasteiger partial charge < -0.3 is 15.0 Å². The molecular formula is C12H17N3O5S. The molecule has 1 aromatic heterocycles. The molecule has 21 heavy (non-hydrogen) atoms. The first kappa shape index (κ1) is 15.5. The van der Waals surface area contributed by atoms with Gasteiger partial charge in [-0.05, 0) is 18.9 Å². The van der Waals surface area contributed by atoms with Gasteiger partial charge in [0.15, 0.2) is 0 Å². The molecule has 116 valence electrons. The highest BCUT2D eigenvalue weighted by Crippen LogP contribution is 2.37. The number of nitrogens with one attached hydrogen (secondary N) is 2. The standard InChI is InChI=1S/C12H17N3O5S/c1-8(16)13-4-5-14-21(19,20)10-6-11(12(17)18)15(7-10)9-2-3-9/h6-7,9,14H,2-5H2,1H3,(H,13,16)(H,17,18). The zero-order valence-corrected chi connectivity index (χ0v) is 12.3. The van der Waals surface area contributed by atoms with Crippen LogP contribution in [0.1, 0.15) is 36.3 Å². The van der Waals surface area contributed by atoms with Crippen LogP contribution in [-0.4, -0.2) is 43.1 Å². The summed E-state index contributed by atoms with van der Waals surface area (Å²) in [5, 5.41) is 11.6. The summed E-state index contributed by atoms with van der Waals surface area (Å²) in [6.45, 7) is 1.55. The van der Waals surface area contributed by atoms with Gasteiger partial charge in [0, 0.05) is 32.3 Å². The number of carboxylic acids is 1. The number of nitrogens with zero attached hydrogens (tertiary/aromatic N) is 1. The first-order chi connectivity index (χ1) is 9.81. The summed E-state index contributed by atoms with van der Waals surface area (Å²) >= 11 is 0. The molecule has 0 atom stereocenters. The number of sulfonamides is 1. The highest BCUT2D eigenvalue weighted by Gasteiger charge is 2.30. The van der Waals surface area contributed by atoms with Crippen molar-refractivity contribution >= 4 is 21.9 Å². The number of aromatic nitrogens is 1. The Hall–Kier alpha value is -1.87. The molecular weight excluding hydrogens is 298 g/mol. The van der Waals surface area contributed by atoms with Gasteiger partial charge in [-0.25, -0.2) is 17.9 Å². The van der Waals surface area contributed by atoms with Crippen LogP contribution in [0.3, 0.4) is 0 Å². The number of carbonyl (C=O) groups is 2. The Morgan fingerprint density at radius 2 is 2.05 bits per heavy atom. The van der Waals surface area contributed by atoms with Crippen LogP contribution < -0.4 is 10.0 Å². The topological polar surface area (TPSA) is 118 Å². The lowest BCUT2D eigenvalue weighted by molar-refractivity contribution is -0.118. The van der Waals surface area contributed by atoms with Gasteiger partial charge in [0.05, 0.1) is 0 Å². The minimum atomic E-state index is -3.78. The maximum absolute atomic E-state index is 12.1. The first-order valence-corrected chi connectivity index (χ1v) is 7.99. The van der Waals surface area contributed by atoms with Crippen molar-refractivity contribution in [2.75, 3.05) is 13.1 Å². The van der Waals surface area contributed by atoms with Crippen molar-refractivity contribution in [3.63, 3.8) is 0 Å². The Morgan fingerprint density at radius 1 is 1.38 bits per heavy atom. The monoisotopic (exact) mass is 315 g/mol. The number of rotatable bonds is 7. The molecule has 2 rings (SSSR count). The summed E-state index contributed by atoms with van der Waals surface area (Å²) in [6.07, 6.45) is 3.05. The number of amides is 1. The molecule has 0 aliphatic heterocycles. The van der Waals surface area contributed by atoms with Crippen molar-refractivity contribution in [1.29, 1.82) is 0 Å². The summed E-state index contributed by atoms with van der Waals surface area (Å²) in [6, 6.07) is 1.22. The third kappa shape index (κ3) is 3.82. The van der Waals surface area contributed by atoms with E-state index in [2.05, 4.69) is 10.0 Å². The molecule has 1 aromatic rings. The second-order valence-electron chi connectivity index (χ2n) is 4.89. The van der Waals surface area contributed by atoms with E-state index in [1.807, 2.05) is 0 Å². The van der Waals surface area contributed by atoms with Gasteiger partial charge in [-0.2, -0.15) is 0 Å². The maximum Gasteiger partial charge on any atom is 0.352 e. The molecule has 0 radical (unpaired) electrons. The summed E-state index contributed by atoms with van der Waals surface area (Å²) in [5.74, 6) is -1.40. The fourth-order valence-electron chi connectivity index (χ4n) is 1.93. The smallest absolute Gasteiger partial charge is 0.352 e. The van der Waals surface area contributed by atoms with Crippen LogP contribution >= 0.6 is 0 Å². The van der Waals surface area contributed by atoms with Crippen molar-refractivity contribution < 1.29 is 23.1 Å². The van der Waals surface area contributed by atoms with Crippen LogP contribution in [0.5, 0.6) is 0 Å². The van der Waals surface area contributed by atoms with Crippen LogP contribution in [0.15, 0.2) is 17.2 Å². The first-order valence-electron chi connectivity index (χ1n) is 6.50. The SMILES string of the molecule is CC(=O)NCCNS(=O)(=O)c1cc(C(=O)O)n(C2CC2)c1. The van der Waals surface area contributed by atoms with Crippen LogP contribution in [-0.2, 0) is 14.8 Å². The Balaban J connectivity index is 2.11. The van der Waals surface area contributed by atoms with E-state index in [-0.39, 0.29) is 35.6 Å². The van der Waals surface area contributed by atoms with Crippen LogP contribution in [0.2, 0.25) is 0 Å². The van der Waals surface area contributed by atoms with Crippen molar-refractivity contribution in [3.8, 4) is 0 Å². The highest BCUT2D eigenvalue weighted by molar-refractivity contribution is 7.89. The second-order valence-corrected chi connectivity index (χ2v) is 6.65. The van der Waals surface area contributed by atoms with Crippen molar-refractivity contribution in [2.45, 2.75) is 30.7 Å². The number of aromatic carboxylic acids is 1. The van der Waals surface area contributed by atoms with E-state index in [1.54, 1.807) is 0 Å². The number of carbonyl (C=O) groups excluding carboxylic acids is 1. The van der Waals surface area contributed by atoms with E-state index >= 15 is 0 Å². The van der Waals surface area contributed by atoms with Crippen molar-refractivity contribution in [3.05, 3.63) is 18.0 Å². The fraction of sp³-hybridized carbons (Fsp3) is 0.500. The lowest BCUT2D eigenvalue weighted by Crippen LogP contribution is -2.33. The van der Waals surface area contributed by atoms with Crippen molar-refractivity contribution in [1.82, 2.24) is 14.6 Å². The quantitative estimate of drug-likeness (QED) is 0.609. The fourth-order valence-corrected chi connectivity index (χ4v) is 2.99. The number of hydrogen-bond donors (Lipinski definition) is 3. The van der Waals surface area contributed by atoms with E-state index in [4.69, 9.17) is 5.11 Å². The molecule has 0 spiro atoms. The average Bonchev–Trinajstić information content (AvgIpc) is 3.12. The predicted octanol–water partition coefficient (Wildman–Crippen LogP) is -0.0644. The maximum atomic E-state index is 12.1. The van der Waals surface area contributed by atoms with Gasteiger partial charge >= 0.3 is 5.97 Å². The van der Waals surface area contributed by atoms with E-state index in [9.17, 15) is 18.0 Å². The van der Waals surface area contributed by atoms with Crippen LogP contribution in [0.4, 0.5) is 0 Å². The third-order valence-electron chi connectivity index (χ3n) is 3.08.